The van der Waals surface area contributed by atoms with Crippen LogP contribution in [0.4, 0.5) is 11.4 Å². The van der Waals surface area contributed by atoms with E-state index in [0.29, 0.717) is 16.9 Å². The Morgan fingerprint density at radius 3 is 2.23 bits per heavy atom. The number of carbonyl (C=O) groups excluding carboxylic acids is 2. The van der Waals surface area contributed by atoms with Crippen LogP contribution in [0.3, 0.4) is 0 Å². The van der Waals surface area contributed by atoms with Crippen LogP contribution >= 0.6 is 0 Å². The molecular weight excluding hydrogens is 414 g/mol. The highest BCUT2D eigenvalue weighted by Crippen LogP contribution is 2.23. The van der Waals surface area contributed by atoms with Gasteiger partial charge in [-0.25, -0.2) is 8.42 Å². The minimum atomic E-state index is -3.71. The zero-order valence-corrected chi connectivity index (χ0v) is 18.7. The van der Waals surface area contributed by atoms with E-state index in [1.54, 1.807) is 54.6 Å². The van der Waals surface area contributed by atoms with E-state index in [1.807, 2.05) is 0 Å². The van der Waals surface area contributed by atoms with E-state index in [2.05, 4.69) is 10.6 Å². The van der Waals surface area contributed by atoms with E-state index in [1.165, 1.54) is 13.3 Å². The summed E-state index contributed by atoms with van der Waals surface area (Å²) in [6.45, 7) is 1.52. The van der Waals surface area contributed by atoms with E-state index < -0.39 is 22.0 Å². The van der Waals surface area contributed by atoms with Crippen LogP contribution in [-0.4, -0.2) is 38.6 Å². The fraction of sp³-hybridized carbons (Fsp3) is 0.391. The molecule has 1 fully saturated rings. The number of anilines is 2. The number of hydrogen-bond acceptors (Lipinski definition) is 4. The smallest absolute Gasteiger partial charge is 0.253 e. The second kappa shape index (κ2) is 9.96. The third-order valence-electron chi connectivity index (χ3n) is 5.47. The van der Waals surface area contributed by atoms with Gasteiger partial charge in [-0.05, 0) is 44.0 Å². The predicted molar refractivity (Wildman–Crippen MR) is 123 cm³/mol. The van der Waals surface area contributed by atoms with Crippen LogP contribution in [0.5, 0.6) is 0 Å². The van der Waals surface area contributed by atoms with Crippen molar-refractivity contribution in [2.45, 2.75) is 51.1 Å². The van der Waals surface area contributed by atoms with Crippen molar-refractivity contribution < 1.29 is 18.0 Å². The molecule has 1 unspecified atom stereocenters. The molecule has 0 aromatic heterocycles. The minimum absolute atomic E-state index is 0.141. The van der Waals surface area contributed by atoms with Gasteiger partial charge in [-0.3, -0.25) is 13.9 Å². The molecule has 2 aromatic carbocycles. The molecule has 2 N–H and O–H groups in total. The maximum Gasteiger partial charge on any atom is 0.253 e. The summed E-state index contributed by atoms with van der Waals surface area (Å²) in [4.78, 5) is 25.8. The lowest BCUT2D eigenvalue weighted by molar-refractivity contribution is -0.116. The molecule has 8 heteroatoms. The molecule has 31 heavy (non-hydrogen) atoms. The van der Waals surface area contributed by atoms with Gasteiger partial charge in [-0.15, -0.1) is 0 Å². The lowest BCUT2D eigenvalue weighted by Crippen LogP contribution is -2.45. The van der Waals surface area contributed by atoms with Crippen molar-refractivity contribution in [3.63, 3.8) is 0 Å². The summed E-state index contributed by atoms with van der Waals surface area (Å²) in [5.74, 6) is -0.759. The van der Waals surface area contributed by atoms with E-state index in [-0.39, 0.29) is 11.9 Å². The summed E-state index contributed by atoms with van der Waals surface area (Å²) in [6.07, 6.45) is 6.36. The van der Waals surface area contributed by atoms with Crippen molar-refractivity contribution in [3.8, 4) is 0 Å². The van der Waals surface area contributed by atoms with E-state index in [4.69, 9.17) is 0 Å². The Balaban J connectivity index is 1.78. The van der Waals surface area contributed by atoms with Crippen LogP contribution < -0.4 is 14.9 Å². The third kappa shape index (κ3) is 5.85. The zero-order valence-electron chi connectivity index (χ0n) is 17.9. The number of nitrogens with zero attached hydrogens (tertiary/aromatic N) is 1. The SMILES string of the molecule is CC(C(=O)Nc1ccccc1C(=O)NC1CCCCC1)N(c1ccccc1)S(C)(=O)=O. The number of para-hydroxylation sites is 2. The monoisotopic (exact) mass is 443 g/mol. The molecule has 0 heterocycles. The van der Waals surface area contributed by atoms with E-state index >= 15 is 0 Å². The molecule has 0 radical (unpaired) electrons. The molecule has 166 valence electrons. The molecule has 2 amide bonds. The first kappa shape index (κ1) is 22.8. The van der Waals surface area contributed by atoms with Crippen LogP contribution in [0.15, 0.2) is 54.6 Å². The highest BCUT2D eigenvalue weighted by molar-refractivity contribution is 7.92. The zero-order chi connectivity index (χ0) is 22.4. The van der Waals surface area contributed by atoms with Gasteiger partial charge in [0.2, 0.25) is 15.9 Å². The quantitative estimate of drug-likeness (QED) is 0.684. The minimum Gasteiger partial charge on any atom is -0.349 e. The van der Waals surface area contributed by atoms with Crippen molar-refractivity contribution in [3.05, 3.63) is 60.2 Å². The molecule has 0 bridgehead atoms. The van der Waals surface area contributed by atoms with E-state index in [0.717, 1.165) is 36.2 Å². The first-order chi connectivity index (χ1) is 14.8. The van der Waals surface area contributed by atoms with Crippen molar-refractivity contribution in [1.82, 2.24) is 5.32 Å². The molecule has 0 aliphatic heterocycles. The summed E-state index contributed by atoms with van der Waals surface area (Å²) < 4.78 is 25.9. The largest absolute Gasteiger partial charge is 0.349 e. The fourth-order valence-corrected chi connectivity index (χ4v) is 5.10. The van der Waals surface area contributed by atoms with Gasteiger partial charge in [0, 0.05) is 6.04 Å². The van der Waals surface area contributed by atoms with Gasteiger partial charge in [-0.1, -0.05) is 49.6 Å². The number of amides is 2. The predicted octanol–water partition coefficient (Wildman–Crippen LogP) is 3.54. The number of carbonyl (C=O) groups is 2. The van der Waals surface area contributed by atoms with Gasteiger partial charge in [0.05, 0.1) is 23.2 Å². The molecule has 1 aliphatic carbocycles. The summed E-state index contributed by atoms with van der Waals surface area (Å²) in [7, 11) is -3.71. The van der Waals surface area contributed by atoms with Crippen LogP contribution in [0, 0.1) is 0 Å². The summed E-state index contributed by atoms with van der Waals surface area (Å²) >= 11 is 0. The van der Waals surface area contributed by atoms with Crippen LogP contribution in [0.1, 0.15) is 49.4 Å². The maximum absolute atomic E-state index is 13.0. The van der Waals surface area contributed by atoms with Crippen molar-refractivity contribution in [2.24, 2.45) is 0 Å². The maximum atomic E-state index is 13.0. The van der Waals surface area contributed by atoms with Gasteiger partial charge in [0.25, 0.3) is 5.91 Å². The highest BCUT2D eigenvalue weighted by Gasteiger charge is 2.29. The average molecular weight is 444 g/mol. The number of benzene rings is 2. The van der Waals surface area contributed by atoms with Gasteiger partial charge < -0.3 is 10.6 Å². The third-order valence-corrected chi connectivity index (χ3v) is 6.71. The first-order valence-corrected chi connectivity index (χ1v) is 12.4. The lowest BCUT2D eigenvalue weighted by atomic mass is 9.95. The van der Waals surface area contributed by atoms with Crippen LogP contribution in [0.25, 0.3) is 0 Å². The Morgan fingerprint density at radius 2 is 1.58 bits per heavy atom. The Hall–Kier alpha value is -2.87. The number of rotatable bonds is 7. The number of sulfonamides is 1. The Kier molecular flexibility index (Phi) is 7.33. The topological polar surface area (TPSA) is 95.6 Å². The van der Waals surface area contributed by atoms with Crippen molar-refractivity contribution >= 4 is 33.2 Å². The summed E-state index contributed by atoms with van der Waals surface area (Å²) in [5, 5.41) is 5.80. The Morgan fingerprint density at radius 1 is 0.968 bits per heavy atom. The molecule has 0 spiro atoms. The Bertz CT molecular complexity index is 1020. The molecule has 1 aliphatic rings. The van der Waals surface area contributed by atoms with Crippen molar-refractivity contribution in [2.75, 3.05) is 15.9 Å². The van der Waals surface area contributed by atoms with E-state index in [9.17, 15) is 18.0 Å². The molecular formula is C23H29N3O4S. The number of nitrogens with one attached hydrogen (secondary N) is 2. The molecule has 2 aromatic rings. The molecule has 1 saturated carbocycles. The van der Waals surface area contributed by atoms with Crippen LogP contribution in [-0.2, 0) is 14.8 Å². The molecule has 0 saturated heterocycles. The molecule has 7 nitrogen and oxygen atoms in total. The summed E-state index contributed by atoms with van der Waals surface area (Å²) in [5.41, 5.74) is 1.12. The number of hydrogen-bond donors (Lipinski definition) is 2. The first-order valence-electron chi connectivity index (χ1n) is 10.5. The summed E-state index contributed by atoms with van der Waals surface area (Å²) in [6, 6.07) is 14.4. The second-order valence-electron chi connectivity index (χ2n) is 7.91. The normalized spacial score (nSPS) is 15.7. The standard InChI is InChI=1S/C23H29N3O4S/c1-17(26(31(2,29)30)19-13-7-4-8-14-19)22(27)25-21-16-10-9-15-20(21)23(28)24-18-11-5-3-6-12-18/h4,7-10,13-18H,3,5-6,11-12H2,1-2H3,(H,24,28)(H,25,27). The Labute approximate surface area is 183 Å². The lowest BCUT2D eigenvalue weighted by Gasteiger charge is -2.28. The second-order valence-corrected chi connectivity index (χ2v) is 9.77. The van der Waals surface area contributed by atoms with Crippen LogP contribution in [0.2, 0.25) is 0 Å². The van der Waals surface area contributed by atoms with Gasteiger partial charge in [0.15, 0.2) is 0 Å². The average Bonchev–Trinajstić information content (AvgIpc) is 2.74. The fourth-order valence-electron chi connectivity index (χ4n) is 3.92. The molecule has 1 atom stereocenters. The van der Waals surface area contributed by atoms with Crippen molar-refractivity contribution in [1.29, 1.82) is 0 Å². The van der Waals surface area contributed by atoms with Gasteiger partial charge in [0.1, 0.15) is 6.04 Å². The van der Waals surface area contributed by atoms with Gasteiger partial charge >= 0.3 is 0 Å². The highest BCUT2D eigenvalue weighted by atomic mass is 32.2. The van der Waals surface area contributed by atoms with Gasteiger partial charge in [-0.2, -0.15) is 0 Å². The molecule has 3 rings (SSSR count).